The molecule has 0 spiro atoms. The van der Waals surface area contributed by atoms with E-state index in [1.54, 1.807) is 17.0 Å². The smallest absolute Gasteiger partial charge is 0.239 e. The summed E-state index contributed by atoms with van der Waals surface area (Å²) in [6.45, 7) is 2.32. The van der Waals surface area contributed by atoms with Crippen molar-refractivity contribution in [1.82, 2.24) is 4.90 Å². The van der Waals surface area contributed by atoms with Crippen LogP contribution in [0.2, 0.25) is 0 Å². The molecule has 1 aromatic carbocycles. The molecular formula is C13H17FN2O2. The maximum Gasteiger partial charge on any atom is 0.239 e. The van der Waals surface area contributed by atoms with Gasteiger partial charge in [-0.3, -0.25) is 4.79 Å². The van der Waals surface area contributed by atoms with Gasteiger partial charge in [0.1, 0.15) is 5.82 Å². The summed E-state index contributed by atoms with van der Waals surface area (Å²) in [5, 5.41) is 0. The number of benzene rings is 1. The Labute approximate surface area is 106 Å². The van der Waals surface area contributed by atoms with Crippen molar-refractivity contribution in [2.75, 3.05) is 26.3 Å². The van der Waals surface area contributed by atoms with Gasteiger partial charge in [0.25, 0.3) is 0 Å². The Morgan fingerprint density at radius 1 is 1.33 bits per heavy atom. The number of nitrogens with zero attached hydrogens (tertiary/aromatic N) is 1. The van der Waals surface area contributed by atoms with E-state index in [-0.39, 0.29) is 11.7 Å². The lowest BCUT2D eigenvalue weighted by Crippen LogP contribution is -2.49. The molecule has 1 fully saturated rings. The number of hydrogen-bond acceptors (Lipinski definition) is 3. The molecular weight excluding hydrogens is 235 g/mol. The second-order valence-electron chi connectivity index (χ2n) is 4.37. The van der Waals surface area contributed by atoms with Gasteiger partial charge in [-0.25, -0.2) is 4.39 Å². The molecule has 98 valence electrons. The van der Waals surface area contributed by atoms with Crippen LogP contribution in [0.3, 0.4) is 0 Å². The first kappa shape index (κ1) is 13.0. The van der Waals surface area contributed by atoms with Crippen LogP contribution in [-0.4, -0.2) is 43.2 Å². The lowest BCUT2D eigenvalue weighted by Gasteiger charge is -2.29. The average molecular weight is 252 g/mol. The summed E-state index contributed by atoms with van der Waals surface area (Å²) >= 11 is 0. The lowest BCUT2D eigenvalue weighted by atomic mass is 10.1. The molecule has 1 aliphatic heterocycles. The number of carbonyl (C=O) groups is 1. The second kappa shape index (κ2) is 5.93. The molecule has 1 amide bonds. The number of nitrogens with two attached hydrogens (primary N) is 1. The van der Waals surface area contributed by atoms with Crippen molar-refractivity contribution >= 4 is 5.91 Å². The Bertz CT molecular complexity index is 402. The molecule has 5 heteroatoms. The van der Waals surface area contributed by atoms with Gasteiger partial charge in [-0.15, -0.1) is 0 Å². The number of ether oxygens (including phenoxy) is 1. The Morgan fingerprint density at radius 3 is 2.56 bits per heavy atom. The fraction of sp³-hybridized carbons (Fsp3) is 0.462. The number of carbonyl (C=O) groups excluding carboxylic acids is 1. The first-order valence-electron chi connectivity index (χ1n) is 6.03. The van der Waals surface area contributed by atoms with Crippen LogP contribution in [-0.2, 0) is 16.0 Å². The average Bonchev–Trinajstić information content (AvgIpc) is 2.41. The number of rotatable bonds is 3. The molecule has 2 rings (SSSR count). The van der Waals surface area contributed by atoms with Crippen LogP contribution >= 0.6 is 0 Å². The molecule has 18 heavy (non-hydrogen) atoms. The predicted molar refractivity (Wildman–Crippen MR) is 65.5 cm³/mol. The highest BCUT2D eigenvalue weighted by Gasteiger charge is 2.22. The lowest BCUT2D eigenvalue weighted by molar-refractivity contribution is -0.136. The molecule has 2 N–H and O–H groups in total. The fourth-order valence-electron chi connectivity index (χ4n) is 1.98. The van der Waals surface area contributed by atoms with E-state index in [0.717, 1.165) is 5.56 Å². The van der Waals surface area contributed by atoms with Gasteiger partial charge in [-0.2, -0.15) is 0 Å². The Balaban J connectivity index is 1.92. The van der Waals surface area contributed by atoms with Gasteiger partial charge in [0.2, 0.25) is 5.91 Å². The standard InChI is InChI=1S/C13H17FN2O2/c14-11-3-1-10(2-4-11)9-12(15)13(17)16-5-7-18-8-6-16/h1-4,12H,5-9,15H2/t12-/m0/s1. The summed E-state index contributed by atoms with van der Waals surface area (Å²) in [4.78, 5) is 13.8. The molecule has 1 aliphatic rings. The van der Waals surface area contributed by atoms with E-state index in [4.69, 9.17) is 10.5 Å². The molecule has 0 saturated carbocycles. The van der Waals surface area contributed by atoms with Gasteiger partial charge in [0.05, 0.1) is 19.3 Å². The zero-order valence-electron chi connectivity index (χ0n) is 10.1. The molecule has 1 aromatic rings. The molecule has 0 aromatic heterocycles. The third kappa shape index (κ3) is 3.27. The summed E-state index contributed by atoms with van der Waals surface area (Å²) in [5.41, 5.74) is 6.76. The van der Waals surface area contributed by atoms with Crippen molar-refractivity contribution in [3.8, 4) is 0 Å². The molecule has 4 nitrogen and oxygen atoms in total. The number of morpholine rings is 1. The normalized spacial score (nSPS) is 17.6. The van der Waals surface area contributed by atoms with Crippen LogP contribution in [0.5, 0.6) is 0 Å². The maximum atomic E-state index is 12.8. The number of hydrogen-bond donors (Lipinski definition) is 1. The quantitative estimate of drug-likeness (QED) is 0.855. The second-order valence-corrected chi connectivity index (χ2v) is 4.37. The summed E-state index contributed by atoms with van der Waals surface area (Å²) in [6, 6.07) is 5.49. The molecule has 0 unspecified atom stereocenters. The third-order valence-electron chi connectivity index (χ3n) is 3.01. The first-order valence-corrected chi connectivity index (χ1v) is 6.03. The zero-order chi connectivity index (χ0) is 13.0. The van der Waals surface area contributed by atoms with E-state index in [1.165, 1.54) is 12.1 Å². The van der Waals surface area contributed by atoms with Crippen molar-refractivity contribution in [2.45, 2.75) is 12.5 Å². The van der Waals surface area contributed by atoms with Crippen molar-refractivity contribution < 1.29 is 13.9 Å². The first-order chi connectivity index (χ1) is 8.66. The number of amides is 1. The minimum absolute atomic E-state index is 0.0670. The highest BCUT2D eigenvalue weighted by atomic mass is 19.1. The minimum atomic E-state index is -0.575. The zero-order valence-corrected chi connectivity index (χ0v) is 10.1. The van der Waals surface area contributed by atoms with Crippen molar-refractivity contribution in [3.05, 3.63) is 35.6 Å². The van der Waals surface area contributed by atoms with E-state index in [2.05, 4.69) is 0 Å². The summed E-state index contributed by atoms with van der Waals surface area (Å²) in [6.07, 6.45) is 0.427. The third-order valence-corrected chi connectivity index (χ3v) is 3.01. The van der Waals surface area contributed by atoms with E-state index < -0.39 is 6.04 Å². The summed E-state index contributed by atoms with van der Waals surface area (Å²) < 4.78 is 17.9. The van der Waals surface area contributed by atoms with Crippen LogP contribution < -0.4 is 5.73 Å². The summed E-state index contributed by atoms with van der Waals surface area (Å²) in [7, 11) is 0. The monoisotopic (exact) mass is 252 g/mol. The van der Waals surface area contributed by atoms with E-state index in [9.17, 15) is 9.18 Å². The Morgan fingerprint density at radius 2 is 1.94 bits per heavy atom. The van der Waals surface area contributed by atoms with Crippen molar-refractivity contribution in [2.24, 2.45) is 5.73 Å². The maximum absolute atomic E-state index is 12.8. The Kier molecular flexibility index (Phi) is 4.28. The van der Waals surface area contributed by atoms with Crippen LogP contribution in [0.1, 0.15) is 5.56 Å². The largest absolute Gasteiger partial charge is 0.378 e. The van der Waals surface area contributed by atoms with Gasteiger partial charge < -0.3 is 15.4 Å². The van der Waals surface area contributed by atoms with Gasteiger partial charge >= 0.3 is 0 Å². The van der Waals surface area contributed by atoms with E-state index in [0.29, 0.717) is 32.7 Å². The molecule has 0 aliphatic carbocycles. The minimum Gasteiger partial charge on any atom is -0.378 e. The van der Waals surface area contributed by atoms with Crippen molar-refractivity contribution in [1.29, 1.82) is 0 Å². The highest BCUT2D eigenvalue weighted by molar-refractivity contribution is 5.82. The van der Waals surface area contributed by atoms with Crippen LogP contribution in [0.25, 0.3) is 0 Å². The molecule has 1 heterocycles. The van der Waals surface area contributed by atoms with Crippen LogP contribution in [0, 0.1) is 5.82 Å². The molecule has 1 saturated heterocycles. The van der Waals surface area contributed by atoms with E-state index >= 15 is 0 Å². The topological polar surface area (TPSA) is 55.6 Å². The Hall–Kier alpha value is -1.46. The van der Waals surface area contributed by atoms with Crippen molar-refractivity contribution in [3.63, 3.8) is 0 Å². The highest BCUT2D eigenvalue weighted by Crippen LogP contribution is 2.07. The molecule has 0 bridgehead atoms. The van der Waals surface area contributed by atoms with Gasteiger partial charge in [-0.05, 0) is 24.1 Å². The molecule has 0 radical (unpaired) electrons. The van der Waals surface area contributed by atoms with Crippen LogP contribution in [0.4, 0.5) is 4.39 Å². The SMILES string of the molecule is N[C@@H](Cc1ccc(F)cc1)C(=O)N1CCOCC1. The summed E-state index contributed by atoms with van der Waals surface area (Å²) in [5.74, 6) is -0.352. The van der Waals surface area contributed by atoms with E-state index in [1.807, 2.05) is 0 Å². The van der Waals surface area contributed by atoms with Gasteiger partial charge in [0, 0.05) is 13.1 Å². The number of halogens is 1. The van der Waals surface area contributed by atoms with Gasteiger partial charge in [-0.1, -0.05) is 12.1 Å². The van der Waals surface area contributed by atoms with Crippen LogP contribution in [0.15, 0.2) is 24.3 Å². The van der Waals surface area contributed by atoms with Gasteiger partial charge in [0.15, 0.2) is 0 Å². The fourth-order valence-corrected chi connectivity index (χ4v) is 1.98. The predicted octanol–water partition coefficient (Wildman–Crippen LogP) is 0.554. The molecule has 1 atom stereocenters.